The van der Waals surface area contributed by atoms with Crippen LogP contribution in [-0.4, -0.2) is 76.8 Å². The second-order valence-electron chi connectivity index (χ2n) is 13.6. The zero-order chi connectivity index (χ0) is 41.6. The number of para-hydroxylation sites is 2. The number of methoxy groups -OCH3 is 2. The van der Waals surface area contributed by atoms with Gasteiger partial charge in [0.2, 0.25) is 0 Å². The molecule has 2 heterocycles. The first-order chi connectivity index (χ1) is 27.8. The van der Waals surface area contributed by atoms with Gasteiger partial charge in [-0.1, -0.05) is 90.5 Å². The highest BCUT2D eigenvalue weighted by Crippen LogP contribution is 2.51. The number of amides is 2. The highest BCUT2D eigenvalue weighted by Gasteiger charge is 2.54. The van der Waals surface area contributed by atoms with E-state index in [1.165, 1.54) is 45.5 Å². The van der Waals surface area contributed by atoms with E-state index in [-0.39, 0.29) is 28.9 Å². The molecule has 302 valence electrons. The molecule has 0 bridgehead atoms. The summed E-state index contributed by atoms with van der Waals surface area (Å²) >= 11 is 0. The van der Waals surface area contributed by atoms with Crippen LogP contribution < -0.4 is 25.8 Å². The van der Waals surface area contributed by atoms with Gasteiger partial charge in [-0.15, -0.1) is 0 Å². The number of hydrogen-bond donors (Lipinski definition) is 4. The number of nitrogens with one attached hydrogen (secondary N) is 2. The predicted octanol–water partition coefficient (Wildman–Crippen LogP) is 5.64. The summed E-state index contributed by atoms with van der Waals surface area (Å²) in [7, 11) is 3.01. The third kappa shape index (κ3) is 8.37. The maximum atomic E-state index is 13.8. The van der Waals surface area contributed by atoms with Crippen molar-refractivity contribution < 1.29 is 47.2 Å². The van der Waals surface area contributed by atoms with Crippen molar-refractivity contribution in [3.05, 3.63) is 159 Å². The fraction of sp³-hybridized carbons (Fsp3) is 0.256. The van der Waals surface area contributed by atoms with Gasteiger partial charge in [0.05, 0.1) is 25.7 Å². The van der Waals surface area contributed by atoms with E-state index in [0.717, 1.165) is 4.57 Å². The number of alkyl halides is 3. The first-order valence-corrected chi connectivity index (χ1v) is 18.2. The van der Waals surface area contributed by atoms with Crippen molar-refractivity contribution in [3.63, 3.8) is 0 Å². The summed E-state index contributed by atoms with van der Waals surface area (Å²) in [5.41, 5.74) is -0.234. The molecule has 4 aromatic carbocycles. The molecule has 5 aromatic rings. The summed E-state index contributed by atoms with van der Waals surface area (Å²) in [6.07, 6.45) is -8.21. The smallest absolute Gasteiger partial charge is 0.471 e. The van der Waals surface area contributed by atoms with Gasteiger partial charge in [0.15, 0.2) is 0 Å². The molecule has 15 heteroatoms. The van der Waals surface area contributed by atoms with E-state index >= 15 is 0 Å². The molecule has 0 saturated carbocycles. The minimum atomic E-state index is -5.11. The second-order valence-corrected chi connectivity index (χ2v) is 13.6. The van der Waals surface area contributed by atoms with Gasteiger partial charge in [-0.2, -0.15) is 18.2 Å². The van der Waals surface area contributed by atoms with Crippen LogP contribution in [0.5, 0.6) is 11.5 Å². The Hall–Kier alpha value is -6.29. The Morgan fingerprint density at radius 2 is 1.47 bits per heavy atom. The molecule has 0 aliphatic carbocycles. The van der Waals surface area contributed by atoms with E-state index < -0.39 is 60.2 Å². The maximum Gasteiger partial charge on any atom is 0.471 e. The van der Waals surface area contributed by atoms with Crippen LogP contribution in [0.3, 0.4) is 0 Å². The number of aliphatic hydroxyl groups excluding tert-OH is 2. The van der Waals surface area contributed by atoms with E-state index in [2.05, 4.69) is 10.3 Å². The monoisotopic (exact) mass is 798 g/mol. The Kier molecular flexibility index (Phi) is 12.4. The predicted molar refractivity (Wildman–Crippen MR) is 208 cm³/mol. The SMILES string of the molecule is COc1ccccc1C(c1ccccc1)(c1ccccc1OC)C(O)[C@H]1O[C@@H](n2cc(/C=C(\C)CNC(=O)C(F)(F)F)c(NC(=O)c3ccccc3)nc2=O)C[C@@H]1O. The minimum absolute atomic E-state index is 0.0754. The fourth-order valence-electron chi connectivity index (χ4n) is 7.27. The van der Waals surface area contributed by atoms with E-state index in [1.54, 1.807) is 72.0 Å². The summed E-state index contributed by atoms with van der Waals surface area (Å²) in [5.74, 6) is -2.14. The van der Waals surface area contributed by atoms with Crippen LogP contribution in [0.1, 0.15) is 52.2 Å². The van der Waals surface area contributed by atoms with Gasteiger partial charge < -0.3 is 35.1 Å². The van der Waals surface area contributed by atoms with Crippen molar-refractivity contribution in [1.82, 2.24) is 14.9 Å². The molecular formula is C43H41F3N4O8. The Bertz CT molecular complexity index is 2290. The first-order valence-electron chi connectivity index (χ1n) is 18.2. The lowest BCUT2D eigenvalue weighted by atomic mass is 9.63. The largest absolute Gasteiger partial charge is 0.496 e. The van der Waals surface area contributed by atoms with E-state index in [0.29, 0.717) is 28.2 Å². The van der Waals surface area contributed by atoms with Crippen molar-refractivity contribution in [1.29, 1.82) is 0 Å². The van der Waals surface area contributed by atoms with Crippen molar-refractivity contribution in [2.45, 2.75) is 49.5 Å². The summed E-state index contributed by atoms with van der Waals surface area (Å²) in [4.78, 5) is 42.6. The average molecular weight is 799 g/mol. The van der Waals surface area contributed by atoms with Gasteiger partial charge in [0.25, 0.3) is 5.91 Å². The van der Waals surface area contributed by atoms with Crippen molar-refractivity contribution in [2.24, 2.45) is 0 Å². The van der Waals surface area contributed by atoms with Crippen LogP contribution in [0.25, 0.3) is 6.08 Å². The van der Waals surface area contributed by atoms with Gasteiger partial charge in [0.1, 0.15) is 35.8 Å². The zero-order valence-electron chi connectivity index (χ0n) is 31.6. The maximum absolute atomic E-state index is 13.8. The molecule has 6 rings (SSSR count). The second kappa shape index (κ2) is 17.5. The van der Waals surface area contributed by atoms with Gasteiger partial charge in [-0.3, -0.25) is 14.2 Å². The number of rotatable bonds is 13. The highest BCUT2D eigenvalue weighted by molar-refractivity contribution is 6.04. The topological polar surface area (TPSA) is 161 Å². The number of carbonyl (C=O) groups is 2. The normalized spacial score (nSPS) is 17.7. The van der Waals surface area contributed by atoms with Crippen LogP contribution >= 0.6 is 0 Å². The molecule has 1 aromatic heterocycles. The van der Waals surface area contributed by atoms with Crippen LogP contribution in [0.4, 0.5) is 19.0 Å². The number of ether oxygens (including phenoxy) is 3. The summed E-state index contributed by atoms with van der Waals surface area (Å²) in [6, 6.07) is 31.4. The number of nitrogens with zero attached hydrogens (tertiary/aromatic N) is 2. The Morgan fingerprint density at radius 3 is 2.03 bits per heavy atom. The van der Waals surface area contributed by atoms with Crippen molar-refractivity contribution in [2.75, 3.05) is 26.1 Å². The third-order valence-electron chi connectivity index (χ3n) is 9.93. The van der Waals surface area contributed by atoms with Crippen molar-refractivity contribution in [3.8, 4) is 11.5 Å². The minimum Gasteiger partial charge on any atom is -0.496 e. The van der Waals surface area contributed by atoms with Gasteiger partial charge in [0, 0.05) is 41.4 Å². The third-order valence-corrected chi connectivity index (χ3v) is 9.93. The number of anilines is 1. The lowest BCUT2D eigenvalue weighted by Crippen LogP contribution is -2.51. The quantitative estimate of drug-likeness (QED) is 0.111. The molecule has 1 fully saturated rings. The van der Waals surface area contributed by atoms with E-state index in [4.69, 9.17) is 14.2 Å². The number of carbonyl (C=O) groups excluding carboxylic acids is 2. The van der Waals surface area contributed by atoms with E-state index in [9.17, 15) is 37.8 Å². The average Bonchev–Trinajstić information content (AvgIpc) is 3.62. The number of halogens is 3. The van der Waals surface area contributed by atoms with Gasteiger partial charge in [-0.25, -0.2) is 4.79 Å². The lowest BCUT2D eigenvalue weighted by Gasteiger charge is -2.43. The molecule has 58 heavy (non-hydrogen) atoms. The van der Waals surface area contributed by atoms with E-state index in [1.807, 2.05) is 30.3 Å². The van der Waals surface area contributed by atoms with Crippen molar-refractivity contribution >= 4 is 23.7 Å². The molecule has 1 aliphatic rings. The molecule has 4 N–H and O–H groups in total. The Morgan fingerprint density at radius 1 is 0.914 bits per heavy atom. The highest BCUT2D eigenvalue weighted by atomic mass is 19.4. The summed E-state index contributed by atoms with van der Waals surface area (Å²) < 4.78 is 58.0. The molecule has 0 spiro atoms. The van der Waals surface area contributed by atoms with Crippen LogP contribution in [-0.2, 0) is 14.9 Å². The number of benzene rings is 4. The van der Waals surface area contributed by atoms with Gasteiger partial charge >= 0.3 is 17.8 Å². The van der Waals surface area contributed by atoms with Gasteiger partial charge in [-0.05, 0) is 42.8 Å². The lowest BCUT2D eigenvalue weighted by molar-refractivity contribution is -0.173. The number of aromatic nitrogens is 2. The number of hydrogen-bond acceptors (Lipinski definition) is 9. The molecular weight excluding hydrogens is 757 g/mol. The Balaban J connectivity index is 1.44. The van der Waals surface area contributed by atoms with Crippen LogP contribution in [0.2, 0.25) is 0 Å². The van der Waals surface area contributed by atoms with Crippen LogP contribution in [0.15, 0.2) is 126 Å². The first kappa shape index (κ1) is 41.3. The molecule has 1 saturated heterocycles. The summed E-state index contributed by atoms with van der Waals surface area (Å²) in [6.45, 7) is 0.917. The molecule has 12 nitrogen and oxygen atoms in total. The fourth-order valence-corrected chi connectivity index (χ4v) is 7.27. The molecule has 1 aliphatic heterocycles. The molecule has 4 atom stereocenters. The number of aliphatic hydroxyl groups is 2. The zero-order valence-corrected chi connectivity index (χ0v) is 31.6. The standard InChI is InChI=1S/C43H41F3N4O8/c1-26(24-47-40(54)43(44,45)46)22-28-25-50(41(55)49-38(28)48-39(53)27-14-6-4-7-15-27)35-23-32(51)36(58-35)37(52)42(29-16-8-5-9-17-29,30-18-10-12-20-33(30)56-2)31-19-11-13-21-34(31)57-3/h4-22,25,32,35-37,51-52H,23-24H2,1-3H3,(H,47,54)(H,48,49,53,55)/b26-22+/t32-,35+,36-,37?/m0/s1. The Labute approximate surface area is 331 Å². The molecule has 2 amide bonds. The summed E-state index contributed by atoms with van der Waals surface area (Å²) in [5, 5.41) is 29.0. The molecule has 1 unspecified atom stereocenters. The molecule has 0 radical (unpaired) electrons. The van der Waals surface area contributed by atoms with Crippen LogP contribution in [0, 0.1) is 0 Å².